The van der Waals surface area contributed by atoms with Gasteiger partial charge in [0, 0.05) is 43.0 Å². The molecule has 27 heavy (non-hydrogen) atoms. The van der Waals surface area contributed by atoms with Crippen LogP contribution < -0.4 is 15.0 Å². The average Bonchev–Trinajstić information content (AvgIpc) is 3.04. The number of carbonyl (C=O) groups excluding carboxylic acids is 1. The number of nitrogens with one attached hydrogen (secondary N) is 1. The molecule has 0 bridgehead atoms. The van der Waals surface area contributed by atoms with Crippen molar-refractivity contribution in [3.63, 3.8) is 0 Å². The lowest BCUT2D eigenvalue weighted by molar-refractivity contribution is 0.0925. The molecule has 1 aliphatic heterocycles. The van der Waals surface area contributed by atoms with E-state index in [-0.39, 0.29) is 17.9 Å². The van der Waals surface area contributed by atoms with Crippen molar-refractivity contribution < 1.29 is 9.53 Å². The Labute approximate surface area is 164 Å². The molecular formula is C19H24ClN5O2. The second-order valence-corrected chi connectivity index (χ2v) is 7.34. The van der Waals surface area contributed by atoms with Gasteiger partial charge < -0.3 is 19.9 Å². The monoisotopic (exact) mass is 389 g/mol. The zero-order valence-corrected chi connectivity index (χ0v) is 16.5. The smallest absolute Gasteiger partial charge is 0.255 e. The highest BCUT2D eigenvalue weighted by Crippen LogP contribution is 2.25. The van der Waals surface area contributed by atoms with Gasteiger partial charge in [-0.05, 0) is 38.4 Å². The highest BCUT2D eigenvalue weighted by molar-refractivity contribution is 6.30. The Balaban J connectivity index is 1.77. The summed E-state index contributed by atoms with van der Waals surface area (Å²) in [6.07, 6.45) is 3.46. The van der Waals surface area contributed by atoms with Crippen molar-refractivity contribution in [3.8, 4) is 5.75 Å². The van der Waals surface area contributed by atoms with Crippen molar-refractivity contribution in [1.82, 2.24) is 20.2 Å². The Morgan fingerprint density at radius 3 is 2.74 bits per heavy atom. The summed E-state index contributed by atoms with van der Waals surface area (Å²) < 4.78 is 5.31. The minimum absolute atomic E-state index is 0.0240. The Bertz CT molecular complexity index is 787. The molecule has 1 amide bonds. The van der Waals surface area contributed by atoms with Crippen LogP contribution in [0.4, 0.5) is 5.95 Å². The van der Waals surface area contributed by atoms with Crippen molar-refractivity contribution >= 4 is 23.5 Å². The van der Waals surface area contributed by atoms with Crippen LogP contribution in [0.1, 0.15) is 10.4 Å². The molecule has 0 saturated carbocycles. The Morgan fingerprint density at radius 1 is 1.33 bits per heavy atom. The van der Waals surface area contributed by atoms with Crippen molar-refractivity contribution in [2.24, 2.45) is 5.92 Å². The van der Waals surface area contributed by atoms with E-state index in [2.05, 4.69) is 25.1 Å². The van der Waals surface area contributed by atoms with E-state index in [4.69, 9.17) is 16.3 Å². The number of benzene rings is 1. The average molecular weight is 390 g/mol. The van der Waals surface area contributed by atoms with Gasteiger partial charge in [-0.2, -0.15) is 0 Å². The van der Waals surface area contributed by atoms with Crippen LogP contribution in [0.5, 0.6) is 5.75 Å². The lowest BCUT2D eigenvalue weighted by atomic mass is 10.0. The van der Waals surface area contributed by atoms with Crippen LogP contribution >= 0.6 is 11.6 Å². The van der Waals surface area contributed by atoms with Gasteiger partial charge in [0.2, 0.25) is 5.95 Å². The number of anilines is 1. The molecule has 2 atom stereocenters. The summed E-state index contributed by atoms with van der Waals surface area (Å²) in [5.74, 6) is 1.23. The minimum Gasteiger partial charge on any atom is -0.496 e. The Kier molecular flexibility index (Phi) is 6.13. The topological polar surface area (TPSA) is 70.6 Å². The van der Waals surface area contributed by atoms with Crippen molar-refractivity contribution in [3.05, 3.63) is 47.2 Å². The molecule has 2 aromatic rings. The van der Waals surface area contributed by atoms with Crippen molar-refractivity contribution in [1.29, 1.82) is 0 Å². The predicted octanol–water partition coefficient (Wildman–Crippen LogP) is 1.94. The number of hydrogen-bond donors (Lipinski definition) is 1. The van der Waals surface area contributed by atoms with E-state index in [0.717, 1.165) is 13.1 Å². The standard InChI is InChI=1S/C19H24ClN5O2/c1-24(2)10-13-11-25(19-21-7-4-8-22-19)12-16(13)23-18(26)15-6-5-14(20)9-17(15)27-3/h4-9,13,16H,10-12H2,1-3H3,(H,23,26). The van der Waals surface area contributed by atoms with E-state index in [1.807, 2.05) is 14.1 Å². The van der Waals surface area contributed by atoms with Gasteiger partial charge in [-0.3, -0.25) is 4.79 Å². The summed E-state index contributed by atoms with van der Waals surface area (Å²) in [5.41, 5.74) is 0.472. The molecule has 144 valence electrons. The molecule has 8 heteroatoms. The van der Waals surface area contributed by atoms with Crippen LogP contribution in [0.25, 0.3) is 0 Å². The normalized spacial score (nSPS) is 19.4. The van der Waals surface area contributed by atoms with E-state index in [1.165, 1.54) is 7.11 Å². The fourth-order valence-electron chi connectivity index (χ4n) is 3.41. The summed E-state index contributed by atoms with van der Waals surface area (Å²) in [5, 5.41) is 3.69. The van der Waals surface area contributed by atoms with E-state index in [0.29, 0.717) is 28.8 Å². The SMILES string of the molecule is COc1cc(Cl)ccc1C(=O)NC1CN(c2ncccn2)CC1CN(C)C. The van der Waals surface area contributed by atoms with Crippen LogP contribution in [0.15, 0.2) is 36.7 Å². The molecule has 2 heterocycles. The fraction of sp³-hybridized carbons (Fsp3) is 0.421. The van der Waals surface area contributed by atoms with Gasteiger partial charge >= 0.3 is 0 Å². The number of rotatable bonds is 6. The van der Waals surface area contributed by atoms with E-state index in [9.17, 15) is 4.79 Å². The van der Waals surface area contributed by atoms with Gasteiger partial charge in [0.05, 0.1) is 18.7 Å². The third-order valence-corrected chi connectivity index (χ3v) is 4.84. The summed E-state index contributed by atoms with van der Waals surface area (Å²) in [4.78, 5) is 25.8. The molecule has 0 aliphatic carbocycles. The number of halogens is 1. The molecule has 0 spiro atoms. The van der Waals surface area contributed by atoms with Gasteiger partial charge in [0.25, 0.3) is 5.91 Å². The fourth-order valence-corrected chi connectivity index (χ4v) is 3.57. The molecule has 1 aromatic carbocycles. The molecular weight excluding hydrogens is 366 g/mol. The molecule has 1 aromatic heterocycles. The van der Waals surface area contributed by atoms with Crippen molar-refractivity contribution in [2.75, 3.05) is 45.7 Å². The highest BCUT2D eigenvalue weighted by Gasteiger charge is 2.35. The third kappa shape index (κ3) is 4.67. The third-order valence-electron chi connectivity index (χ3n) is 4.60. The van der Waals surface area contributed by atoms with Gasteiger partial charge in [-0.1, -0.05) is 11.6 Å². The Morgan fingerprint density at radius 2 is 2.07 bits per heavy atom. The number of hydrogen-bond acceptors (Lipinski definition) is 6. The molecule has 0 radical (unpaired) electrons. The van der Waals surface area contributed by atoms with Gasteiger partial charge in [-0.15, -0.1) is 0 Å². The first kappa shape index (κ1) is 19.4. The molecule has 1 N–H and O–H groups in total. The lowest BCUT2D eigenvalue weighted by Gasteiger charge is -2.23. The number of aromatic nitrogens is 2. The number of methoxy groups -OCH3 is 1. The van der Waals surface area contributed by atoms with Crippen LogP contribution in [0, 0.1) is 5.92 Å². The van der Waals surface area contributed by atoms with E-state index >= 15 is 0 Å². The first-order chi connectivity index (χ1) is 13.0. The zero-order chi connectivity index (χ0) is 19.4. The second kappa shape index (κ2) is 8.54. The van der Waals surface area contributed by atoms with E-state index in [1.54, 1.807) is 36.7 Å². The first-order valence-corrected chi connectivity index (χ1v) is 9.17. The van der Waals surface area contributed by atoms with Crippen molar-refractivity contribution in [2.45, 2.75) is 6.04 Å². The summed E-state index contributed by atoms with van der Waals surface area (Å²) in [7, 11) is 5.59. The molecule has 1 fully saturated rings. The molecule has 2 unspecified atom stereocenters. The summed E-state index contributed by atoms with van der Waals surface area (Å²) >= 11 is 6.00. The van der Waals surface area contributed by atoms with E-state index < -0.39 is 0 Å². The number of nitrogens with zero attached hydrogens (tertiary/aromatic N) is 4. The quantitative estimate of drug-likeness (QED) is 0.814. The van der Waals surface area contributed by atoms with Crippen LogP contribution in [-0.2, 0) is 0 Å². The maximum Gasteiger partial charge on any atom is 0.255 e. The molecule has 1 saturated heterocycles. The van der Waals surface area contributed by atoms with Crippen LogP contribution in [0.3, 0.4) is 0 Å². The lowest BCUT2D eigenvalue weighted by Crippen LogP contribution is -2.43. The zero-order valence-electron chi connectivity index (χ0n) is 15.7. The summed E-state index contributed by atoms with van der Waals surface area (Å²) in [6, 6.07) is 6.79. The van der Waals surface area contributed by atoms with Gasteiger partial charge in [0.15, 0.2) is 0 Å². The predicted molar refractivity (Wildman–Crippen MR) is 106 cm³/mol. The first-order valence-electron chi connectivity index (χ1n) is 8.79. The summed E-state index contributed by atoms with van der Waals surface area (Å²) in [6.45, 7) is 2.29. The maximum atomic E-state index is 12.9. The molecule has 3 rings (SSSR count). The van der Waals surface area contributed by atoms with Crippen LogP contribution in [-0.4, -0.2) is 67.7 Å². The minimum atomic E-state index is -0.173. The van der Waals surface area contributed by atoms with Gasteiger partial charge in [0.1, 0.15) is 5.75 Å². The van der Waals surface area contributed by atoms with Crippen LogP contribution in [0.2, 0.25) is 5.02 Å². The van der Waals surface area contributed by atoms with Gasteiger partial charge in [-0.25, -0.2) is 9.97 Å². The number of carbonyl (C=O) groups is 1. The Hall–Kier alpha value is -2.38. The molecule has 1 aliphatic rings. The highest BCUT2D eigenvalue weighted by atomic mass is 35.5. The molecule has 7 nitrogen and oxygen atoms in total. The largest absolute Gasteiger partial charge is 0.496 e. The maximum absolute atomic E-state index is 12.9. The second-order valence-electron chi connectivity index (χ2n) is 6.90. The number of ether oxygens (including phenoxy) is 1. The number of amides is 1.